The van der Waals surface area contributed by atoms with Gasteiger partial charge in [0.05, 0.1) is 11.8 Å². The second-order valence-corrected chi connectivity index (χ2v) is 7.81. The van der Waals surface area contributed by atoms with Crippen LogP contribution in [0.3, 0.4) is 0 Å². The number of furan rings is 1. The van der Waals surface area contributed by atoms with Gasteiger partial charge in [-0.05, 0) is 6.92 Å². The molecule has 0 aromatic carbocycles. The van der Waals surface area contributed by atoms with E-state index in [1.165, 1.54) is 20.1 Å². The summed E-state index contributed by atoms with van der Waals surface area (Å²) in [7, 11) is -1.72. The van der Waals surface area contributed by atoms with Crippen LogP contribution in [0.4, 0.5) is 0 Å². The topological polar surface area (TPSA) is 106 Å². The highest BCUT2D eigenvalue weighted by Gasteiger charge is 2.30. The van der Waals surface area contributed by atoms with Gasteiger partial charge in [0, 0.05) is 33.2 Å². The molecule has 0 aliphatic carbocycles. The average Bonchev–Trinajstić information content (AvgIpc) is 2.86. The molecule has 0 spiro atoms. The summed E-state index contributed by atoms with van der Waals surface area (Å²) in [6.45, 7) is 2.60. The van der Waals surface area contributed by atoms with Crippen LogP contribution in [0.5, 0.6) is 0 Å². The Morgan fingerprint density at radius 3 is 2.46 bits per heavy atom. The van der Waals surface area contributed by atoms with Gasteiger partial charge in [-0.2, -0.15) is 4.31 Å². The number of fused-ring (bicyclic) bond motifs is 1. The molecular formula is C14H18N4O5S. The molecule has 10 heteroatoms. The van der Waals surface area contributed by atoms with Gasteiger partial charge in [-0.25, -0.2) is 13.4 Å². The van der Waals surface area contributed by atoms with E-state index in [0.717, 1.165) is 6.26 Å². The molecule has 2 aromatic heterocycles. The lowest BCUT2D eigenvalue weighted by Crippen LogP contribution is -2.50. The lowest BCUT2D eigenvalue weighted by Gasteiger charge is -2.33. The highest BCUT2D eigenvalue weighted by Crippen LogP contribution is 2.23. The van der Waals surface area contributed by atoms with E-state index in [9.17, 15) is 18.0 Å². The number of hydrogen-bond acceptors (Lipinski definition) is 6. The summed E-state index contributed by atoms with van der Waals surface area (Å²) in [5, 5.41) is 0.160. The predicted molar refractivity (Wildman–Crippen MR) is 86.3 cm³/mol. The van der Waals surface area contributed by atoms with Crippen molar-refractivity contribution in [1.82, 2.24) is 18.8 Å². The first-order valence-corrected chi connectivity index (χ1v) is 9.24. The molecule has 0 radical (unpaired) electrons. The Bertz CT molecular complexity index is 967. The first-order chi connectivity index (χ1) is 11.2. The van der Waals surface area contributed by atoms with Crippen molar-refractivity contribution in [2.75, 3.05) is 32.4 Å². The number of piperazine rings is 1. The molecule has 1 fully saturated rings. The van der Waals surface area contributed by atoms with E-state index in [4.69, 9.17) is 4.42 Å². The quantitative estimate of drug-likeness (QED) is 0.723. The monoisotopic (exact) mass is 354 g/mol. The van der Waals surface area contributed by atoms with Crippen LogP contribution in [0, 0.1) is 6.92 Å². The van der Waals surface area contributed by atoms with E-state index >= 15 is 0 Å². The maximum absolute atomic E-state index is 12.8. The number of rotatable bonds is 2. The third-order valence-corrected chi connectivity index (χ3v) is 5.46. The van der Waals surface area contributed by atoms with Gasteiger partial charge < -0.3 is 13.9 Å². The maximum Gasteiger partial charge on any atom is 0.265 e. The number of sulfonamides is 1. The van der Waals surface area contributed by atoms with E-state index in [0.29, 0.717) is 5.76 Å². The van der Waals surface area contributed by atoms with Crippen LogP contribution in [-0.2, 0) is 17.1 Å². The van der Waals surface area contributed by atoms with E-state index < -0.39 is 10.0 Å². The Balaban J connectivity index is 1.95. The third kappa shape index (κ3) is 2.71. The third-order valence-electron chi connectivity index (χ3n) is 4.16. The zero-order valence-corrected chi connectivity index (χ0v) is 14.5. The lowest BCUT2D eigenvalue weighted by molar-refractivity contribution is 0.0698. The van der Waals surface area contributed by atoms with Crippen molar-refractivity contribution < 1.29 is 17.6 Å². The molecule has 0 bridgehead atoms. The van der Waals surface area contributed by atoms with Gasteiger partial charge in [-0.3, -0.25) is 9.59 Å². The van der Waals surface area contributed by atoms with Crippen molar-refractivity contribution in [2.45, 2.75) is 6.92 Å². The number of aryl methyl sites for hydroxylation is 2. The number of carbonyl (C=O) groups is 1. The molecule has 130 valence electrons. The number of amides is 1. The molecule has 0 saturated carbocycles. The van der Waals surface area contributed by atoms with Gasteiger partial charge in [-0.1, -0.05) is 0 Å². The van der Waals surface area contributed by atoms with Crippen LogP contribution in [0.25, 0.3) is 11.1 Å². The summed E-state index contributed by atoms with van der Waals surface area (Å²) in [5.41, 5.74) is -0.0183. The van der Waals surface area contributed by atoms with Gasteiger partial charge in [0.15, 0.2) is 0 Å². The molecule has 0 N–H and O–H groups in total. The molecule has 3 heterocycles. The Morgan fingerprint density at radius 1 is 1.25 bits per heavy atom. The Kier molecular flexibility index (Phi) is 3.96. The van der Waals surface area contributed by atoms with Crippen LogP contribution in [0.15, 0.2) is 15.5 Å². The molecule has 24 heavy (non-hydrogen) atoms. The molecular weight excluding hydrogens is 336 g/mol. The van der Waals surface area contributed by atoms with Gasteiger partial charge in [-0.15, -0.1) is 0 Å². The summed E-state index contributed by atoms with van der Waals surface area (Å²) in [6.07, 6.45) is 2.49. The molecule has 1 aliphatic rings. The summed E-state index contributed by atoms with van der Waals surface area (Å²) < 4.78 is 31.2. The van der Waals surface area contributed by atoms with Crippen LogP contribution >= 0.6 is 0 Å². The summed E-state index contributed by atoms with van der Waals surface area (Å²) in [4.78, 5) is 30.7. The minimum absolute atomic E-state index is 0.133. The predicted octanol–water partition coefficient (Wildman–Crippen LogP) is -0.448. The maximum atomic E-state index is 12.8. The van der Waals surface area contributed by atoms with E-state index in [1.807, 2.05) is 0 Å². The highest BCUT2D eigenvalue weighted by molar-refractivity contribution is 7.88. The molecule has 1 amide bonds. The van der Waals surface area contributed by atoms with Crippen LogP contribution in [0.2, 0.25) is 0 Å². The minimum Gasteiger partial charge on any atom is -0.442 e. The summed E-state index contributed by atoms with van der Waals surface area (Å²) in [6, 6.07) is 0. The van der Waals surface area contributed by atoms with Gasteiger partial charge in [0.2, 0.25) is 15.7 Å². The fraction of sp³-hybridized carbons (Fsp3) is 0.500. The smallest absolute Gasteiger partial charge is 0.265 e. The van der Waals surface area contributed by atoms with Gasteiger partial charge in [0.25, 0.3) is 11.5 Å². The Labute approximate surface area is 138 Å². The Morgan fingerprint density at radius 2 is 1.88 bits per heavy atom. The number of hydrogen-bond donors (Lipinski definition) is 0. The number of nitrogens with zero attached hydrogens (tertiary/aromatic N) is 4. The van der Waals surface area contributed by atoms with Crippen molar-refractivity contribution in [3.05, 3.63) is 28.0 Å². The van der Waals surface area contributed by atoms with Gasteiger partial charge in [0.1, 0.15) is 17.5 Å². The molecule has 1 aliphatic heterocycles. The molecule has 0 unspecified atom stereocenters. The Hall–Kier alpha value is -2.20. The molecule has 1 saturated heterocycles. The van der Waals surface area contributed by atoms with E-state index in [-0.39, 0.29) is 54.3 Å². The standard InChI is InChI=1S/C14H18N4O5S/c1-9-10(11-12(23-9)15-8-16(2)13(11)19)14(20)17-4-6-18(7-5-17)24(3,21)22/h8H,4-7H2,1-3H3. The largest absolute Gasteiger partial charge is 0.442 e. The second kappa shape index (κ2) is 5.71. The number of carbonyl (C=O) groups excluding carboxylic acids is 1. The first-order valence-electron chi connectivity index (χ1n) is 7.39. The van der Waals surface area contributed by atoms with Crippen LogP contribution in [-0.4, -0.2) is 65.5 Å². The fourth-order valence-corrected chi connectivity index (χ4v) is 3.65. The molecule has 0 atom stereocenters. The van der Waals surface area contributed by atoms with Crippen LogP contribution in [0.1, 0.15) is 16.1 Å². The minimum atomic E-state index is -3.27. The zero-order valence-electron chi connectivity index (χ0n) is 13.6. The van der Waals surface area contributed by atoms with Crippen molar-refractivity contribution in [1.29, 1.82) is 0 Å². The SMILES string of the molecule is Cc1oc2ncn(C)c(=O)c2c1C(=O)N1CCN(S(C)(=O)=O)CC1. The highest BCUT2D eigenvalue weighted by atomic mass is 32.2. The lowest BCUT2D eigenvalue weighted by atomic mass is 10.1. The first kappa shape index (κ1) is 16.7. The number of aromatic nitrogens is 2. The van der Waals surface area contributed by atoms with E-state index in [1.54, 1.807) is 14.0 Å². The fourth-order valence-electron chi connectivity index (χ4n) is 2.83. The van der Waals surface area contributed by atoms with Gasteiger partial charge >= 0.3 is 0 Å². The summed E-state index contributed by atoms with van der Waals surface area (Å²) in [5.74, 6) is -0.0131. The normalized spacial score (nSPS) is 16.7. The van der Waals surface area contributed by atoms with E-state index in [2.05, 4.69) is 4.98 Å². The summed E-state index contributed by atoms with van der Waals surface area (Å²) >= 11 is 0. The van der Waals surface area contributed by atoms with Crippen molar-refractivity contribution in [3.63, 3.8) is 0 Å². The molecule has 9 nitrogen and oxygen atoms in total. The molecule has 3 rings (SSSR count). The molecule has 2 aromatic rings. The van der Waals surface area contributed by atoms with Crippen molar-refractivity contribution in [2.24, 2.45) is 7.05 Å². The van der Waals surface area contributed by atoms with Crippen molar-refractivity contribution in [3.8, 4) is 0 Å². The average molecular weight is 354 g/mol. The van der Waals surface area contributed by atoms with Crippen molar-refractivity contribution >= 4 is 27.0 Å². The van der Waals surface area contributed by atoms with Crippen LogP contribution < -0.4 is 5.56 Å². The zero-order chi connectivity index (χ0) is 17.6. The second-order valence-electron chi connectivity index (χ2n) is 5.83.